The van der Waals surface area contributed by atoms with Crippen molar-refractivity contribution in [3.63, 3.8) is 0 Å². The predicted molar refractivity (Wildman–Crippen MR) is 164 cm³/mol. The molecule has 1 aromatic heterocycles. The maximum absolute atomic E-state index is 12.4. The van der Waals surface area contributed by atoms with Crippen molar-refractivity contribution in [1.82, 2.24) is 4.98 Å². The Morgan fingerprint density at radius 2 is 1.15 bits per heavy atom. The number of ketones is 2. The van der Waals surface area contributed by atoms with E-state index in [4.69, 9.17) is 14.2 Å². The fraction of sp³-hybridized carbons (Fsp3) is 0.618. The second kappa shape index (κ2) is 17.0. The average Bonchev–Trinajstić information content (AvgIpc) is 2.82. The van der Waals surface area contributed by atoms with Crippen LogP contribution in [0.5, 0.6) is 17.5 Å². The molecule has 40 heavy (non-hydrogen) atoms. The number of hydrogen-bond acceptors (Lipinski definition) is 6. The zero-order chi connectivity index (χ0) is 30.6. The lowest BCUT2D eigenvalue weighted by molar-refractivity contribution is -0.126. The van der Waals surface area contributed by atoms with Gasteiger partial charge in [-0.3, -0.25) is 9.59 Å². The zero-order valence-electron chi connectivity index (χ0n) is 26.9. The van der Waals surface area contributed by atoms with Crippen LogP contribution < -0.4 is 14.2 Å². The molecular formula is C34H53NO5. The fourth-order valence-corrected chi connectivity index (χ4v) is 4.16. The van der Waals surface area contributed by atoms with Gasteiger partial charge in [-0.2, -0.15) is 4.98 Å². The first-order chi connectivity index (χ1) is 18.6. The van der Waals surface area contributed by atoms with E-state index >= 15 is 0 Å². The summed E-state index contributed by atoms with van der Waals surface area (Å²) in [5, 5.41) is 0. The molecule has 0 aliphatic heterocycles. The van der Waals surface area contributed by atoms with Gasteiger partial charge in [0.25, 0.3) is 0 Å². The molecule has 0 fully saturated rings. The van der Waals surface area contributed by atoms with E-state index in [1.807, 2.05) is 81.4 Å². The first-order valence-corrected chi connectivity index (χ1v) is 14.8. The van der Waals surface area contributed by atoms with Gasteiger partial charge in [0, 0.05) is 35.4 Å². The topological polar surface area (TPSA) is 74.7 Å². The van der Waals surface area contributed by atoms with Gasteiger partial charge in [-0.1, -0.05) is 53.7 Å². The SMILES string of the molecule is CC(C)CC(Cc1ccc(OC(C)C)cc1)C(=O)C(C)C.CC(C)Oc1cc(C(=O)C(C)C)cc(OC(C)C)n1. The summed E-state index contributed by atoms with van der Waals surface area (Å²) in [6, 6.07) is 11.5. The minimum absolute atomic E-state index is 0.00352. The molecule has 2 aromatic rings. The van der Waals surface area contributed by atoms with Gasteiger partial charge in [0.15, 0.2) is 5.78 Å². The van der Waals surface area contributed by atoms with Gasteiger partial charge in [-0.25, -0.2) is 0 Å². The van der Waals surface area contributed by atoms with Crippen LogP contribution in [0.25, 0.3) is 0 Å². The molecule has 224 valence electrons. The van der Waals surface area contributed by atoms with Gasteiger partial charge in [0.1, 0.15) is 11.5 Å². The Balaban J connectivity index is 0.000000402. The van der Waals surface area contributed by atoms with Crippen molar-refractivity contribution in [1.29, 1.82) is 0 Å². The van der Waals surface area contributed by atoms with Crippen molar-refractivity contribution in [2.45, 2.75) is 114 Å². The summed E-state index contributed by atoms with van der Waals surface area (Å²) in [5.41, 5.74) is 1.79. The van der Waals surface area contributed by atoms with E-state index in [1.165, 1.54) is 5.56 Å². The molecule has 0 N–H and O–H groups in total. The van der Waals surface area contributed by atoms with Gasteiger partial charge in [0.05, 0.1) is 18.3 Å². The molecule has 0 aliphatic rings. The lowest BCUT2D eigenvalue weighted by Gasteiger charge is -2.20. The summed E-state index contributed by atoms with van der Waals surface area (Å²) >= 11 is 0. The number of hydrogen-bond donors (Lipinski definition) is 0. The average molecular weight is 556 g/mol. The fourth-order valence-electron chi connectivity index (χ4n) is 4.16. The smallest absolute Gasteiger partial charge is 0.217 e. The molecule has 1 unspecified atom stereocenters. The number of benzene rings is 1. The molecule has 6 heteroatoms. The van der Waals surface area contributed by atoms with Crippen molar-refractivity contribution < 1.29 is 23.8 Å². The highest BCUT2D eigenvalue weighted by atomic mass is 16.5. The van der Waals surface area contributed by atoms with Gasteiger partial charge in [-0.05, 0) is 78.0 Å². The van der Waals surface area contributed by atoms with Gasteiger partial charge < -0.3 is 14.2 Å². The van der Waals surface area contributed by atoms with Crippen molar-refractivity contribution in [3.8, 4) is 17.5 Å². The second-order valence-corrected chi connectivity index (χ2v) is 12.3. The van der Waals surface area contributed by atoms with Crippen LogP contribution in [-0.2, 0) is 11.2 Å². The van der Waals surface area contributed by atoms with Crippen molar-refractivity contribution >= 4 is 11.6 Å². The van der Waals surface area contributed by atoms with Gasteiger partial charge in [-0.15, -0.1) is 0 Å². The molecule has 0 saturated carbocycles. The van der Waals surface area contributed by atoms with E-state index in [0.717, 1.165) is 18.6 Å². The number of rotatable bonds is 14. The Morgan fingerprint density at radius 1 is 0.675 bits per heavy atom. The maximum Gasteiger partial charge on any atom is 0.217 e. The molecule has 1 heterocycles. The highest BCUT2D eigenvalue weighted by molar-refractivity contribution is 5.97. The number of nitrogens with zero attached hydrogens (tertiary/aromatic N) is 1. The summed E-state index contributed by atoms with van der Waals surface area (Å²) in [6.07, 6.45) is 1.98. The normalized spacial score (nSPS) is 12.2. The van der Waals surface area contributed by atoms with Crippen LogP contribution in [0.15, 0.2) is 36.4 Å². The Kier molecular flexibility index (Phi) is 15.0. The minimum atomic E-state index is -0.0683. The zero-order valence-corrected chi connectivity index (χ0v) is 26.9. The van der Waals surface area contributed by atoms with E-state index in [0.29, 0.717) is 29.0 Å². The van der Waals surface area contributed by atoms with Crippen LogP contribution in [0.4, 0.5) is 0 Å². The summed E-state index contributed by atoms with van der Waals surface area (Å²) < 4.78 is 16.8. The van der Waals surface area contributed by atoms with Crippen LogP contribution in [0.3, 0.4) is 0 Å². The molecule has 0 amide bonds. The Labute approximate surface area is 243 Å². The van der Waals surface area contributed by atoms with E-state index in [1.54, 1.807) is 12.1 Å². The highest BCUT2D eigenvalue weighted by Crippen LogP contribution is 2.24. The monoisotopic (exact) mass is 555 g/mol. The number of carbonyl (C=O) groups is 2. The molecule has 1 atom stereocenters. The van der Waals surface area contributed by atoms with Crippen molar-refractivity contribution in [2.24, 2.45) is 23.7 Å². The minimum Gasteiger partial charge on any atom is -0.491 e. The molecule has 6 nitrogen and oxygen atoms in total. The number of Topliss-reactive ketones (excluding diaryl/α,β-unsaturated/α-hetero) is 2. The summed E-state index contributed by atoms with van der Waals surface area (Å²) in [6.45, 7) is 23.8. The maximum atomic E-state index is 12.4. The van der Waals surface area contributed by atoms with Crippen LogP contribution in [0.1, 0.15) is 105 Å². The van der Waals surface area contributed by atoms with Crippen molar-refractivity contribution in [2.75, 3.05) is 0 Å². The number of ether oxygens (including phenoxy) is 3. The van der Waals surface area contributed by atoms with E-state index in [2.05, 4.69) is 31.0 Å². The first kappa shape index (κ1) is 35.1. The molecule has 0 aliphatic carbocycles. The first-order valence-electron chi connectivity index (χ1n) is 14.8. The largest absolute Gasteiger partial charge is 0.491 e. The summed E-state index contributed by atoms with van der Waals surface area (Å²) in [4.78, 5) is 28.7. The molecule has 0 bridgehead atoms. The quantitative estimate of drug-likeness (QED) is 0.218. The molecular weight excluding hydrogens is 502 g/mol. The second-order valence-electron chi connectivity index (χ2n) is 12.3. The Bertz CT molecular complexity index is 1010. The van der Waals surface area contributed by atoms with Gasteiger partial charge >= 0.3 is 0 Å². The standard InChI is InChI=1S/C19H30O2.C15H23NO3/c1-13(2)11-17(19(20)14(3)4)12-16-7-9-18(10-8-16)21-15(5)6;1-9(2)15(17)12-7-13(18-10(3)4)16-14(8-12)19-11(5)6/h7-10,13-15,17H,11-12H2,1-6H3;7-11H,1-6H3. The van der Waals surface area contributed by atoms with Crippen LogP contribution in [-0.4, -0.2) is 34.9 Å². The molecule has 0 radical (unpaired) electrons. The van der Waals surface area contributed by atoms with E-state index in [-0.39, 0.29) is 41.8 Å². The van der Waals surface area contributed by atoms with E-state index in [9.17, 15) is 9.59 Å². The molecule has 2 rings (SSSR count). The molecule has 0 spiro atoms. The van der Waals surface area contributed by atoms with Gasteiger partial charge in [0.2, 0.25) is 11.8 Å². The Morgan fingerprint density at radius 3 is 1.52 bits per heavy atom. The van der Waals surface area contributed by atoms with Crippen LogP contribution >= 0.6 is 0 Å². The highest BCUT2D eigenvalue weighted by Gasteiger charge is 2.22. The third-order valence-electron chi connectivity index (χ3n) is 5.80. The number of aromatic nitrogens is 1. The predicted octanol–water partition coefficient (Wildman–Crippen LogP) is 8.40. The third-order valence-corrected chi connectivity index (χ3v) is 5.80. The summed E-state index contributed by atoms with van der Waals surface area (Å²) in [5.74, 6) is 2.90. The number of pyridine rings is 1. The van der Waals surface area contributed by atoms with Crippen LogP contribution in [0, 0.1) is 23.7 Å². The number of carbonyl (C=O) groups excluding carboxylic acids is 2. The third kappa shape index (κ3) is 13.5. The van der Waals surface area contributed by atoms with Crippen molar-refractivity contribution in [3.05, 3.63) is 47.5 Å². The van der Waals surface area contributed by atoms with E-state index < -0.39 is 0 Å². The molecule has 0 saturated heterocycles. The van der Waals surface area contributed by atoms with Crippen LogP contribution in [0.2, 0.25) is 0 Å². The summed E-state index contributed by atoms with van der Waals surface area (Å²) in [7, 11) is 0. The lowest BCUT2D eigenvalue weighted by atomic mass is 9.84. The lowest BCUT2D eigenvalue weighted by Crippen LogP contribution is -2.23. The molecule has 1 aromatic carbocycles. The Hall–Kier alpha value is -2.89.